The van der Waals surface area contributed by atoms with Crippen molar-refractivity contribution in [3.05, 3.63) is 121 Å². The van der Waals surface area contributed by atoms with E-state index in [-0.39, 0.29) is 18.3 Å². The Hall–Kier alpha value is -4.50. The van der Waals surface area contributed by atoms with Crippen LogP contribution in [0.1, 0.15) is 24.1 Å². The fourth-order valence-electron chi connectivity index (χ4n) is 4.45. The molecule has 0 radical (unpaired) electrons. The molecule has 1 atom stereocenters. The molecule has 0 spiro atoms. The van der Waals surface area contributed by atoms with Crippen molar-refractivity contribution >= 4 is 29.0 Å². The van der Waals surface area contributed by atoms with Crippen LogP contribution in [0.5, 0.6) is 11.5 Å². The molecule has 4 aromatic rings. The Bertz CT molecular complexity index is 1740. The van der Waals surface area contributed by atoms with Crippen molar-refractivity contribution in [3.63, 3.8) is 0 Å². The Kier molecular flexibility index (Phi) is 5.69. The third kappa shape index (κ3) is 4.23. The Morgan fingerprint density at radius 2 is 1.84 bits per heavy atom. The van der Waals surface area contributed by atoms with Gasteiger partial charge in [-0.3, -0.25) is 14.2 Å². The van der Waals surface area contributed by atoms with Crippen LogP contribution in [-0.2, 0) is 4.79 Å². The number of carbonyl (C=O) groups is 1. The number of hydrogen-bond acceptors (Lipinski definition) is 6. The van der Waals surface area contributed by atoms with Crippen molar-refractivity contribution < 1.29 is 18.7 Å². The summed E-state index contributed by atoms with van der Waals surface area (Å²) < 4.78 is 26.6. The van der Waals surface area contributed by atoms with Gasteiger partial charge in [-0.15, -0.1) is 0 Å². The molecule has 0 bridgehead atoms. The largest absolute Gasteiger partial charge is 0.454 e. The predicted octanol–water partition coefficient (Wildman–Crippen LogP) is 3.74. The van der Waals surface area contributed by atoms with E-state index in [9.17, 15) is 14.0 Å². The van der Waals surface area contributed by atoms with Crippen LogP contribution in [0, 0.1) is 5.82 Å². The number of aromatic nitrogens is 1. The molecule has 0 saturated heterocycles. The highest BCUT2D eigenvalue weighted by Gasteiger charge is 2.32. The fourth-order valence-corrected chi connectivity index (χ4v) is 5.49. The van der Waals surface area contributed by atoms with E-state index in [0.29, 0.717) is 43.4 Å². The van der Waals surface area contributed by atoms with Crippen LogP contribution in [0.25, 0.3) is 6.08 Å². The van der Waals surface area contributed by atoms with Gasteiger partial charge in [-0.2, -0.15) is 0 Å². The zero-order chi connectivity index (χ0) is 25.5. The summed E-state index contributed by atoms with van der Waals surface area (Å²) in [5, 5.41) is 2.90. The molecule has 1 N–H and O–H groups in total. The van der Waals surface area contributed by atoms with Crippen molar-refractivity contribution in [1.29, 1.82) is 0 Å². The quantitative estimate of drug-likeness (QED) is 0.451. The van der Waals surface area contributed by atoms with Crippen LogP contribution in [-0.4, -0.2) is 17.3 Å². The second-order valence-corrected chi connectivity index (χ2v) is 9.58. The van der Waals surface area contributed by atoms with Gasteiger partial charge in [-0.05, 0) is 60.5 Å². The summed E-state index contributed by atoms with van der Waals surface area (Å²) >= 11 is 1.23. The molecule has 1 amide bonds. The number of thiazole rings is 1. The van der Waals surface area contributed by atoms with E-state index in [2.05, 4.69) is 10.3 Å². The second-order valence-electron chi connectivity index (χ2n) is 8.57. The number of allylic oxidation sites excluding steroid dienone is 1. The van der Waals surface area contributed by atoms with E-state index < -0.39 is 11.9 Å². The number of nitrogens with one attached hydrogen (secondary N) is 1. The number of benzene rings is 3. The number of hydrogen-bond donors (Lipinski definition) is 1. The van der Waals surface area contributed by atoms with E-state index in [0.717, 1.165) is 5.56 Å². The van der Waals surface area contributed by atoms with E-state index >= 15 is 0 Å². The smallest absolute Gasteiger partial charge is 0.271 e. The normalized spacial score (nSPS) is 16.4. The number of halogens is 1. The van der Waals surface area contributed by atoms with Gasteiger partial charge in [-0.25, -0.2) is 9.38 Å². The average molecular weight is 514 g/mol. The number of carbonyl (C=O) groups excluding carboxylic acids is 1. The third-order valence-electron chi connectivity index (χ3n) is 6.18. The summed E-state index contributed by atoms with van der Waals surface area (Å²) in [6.07, 6.45) is 1.76. The van der Waals surface area contributed by atoms with Gasteiger partial charge >= 0.3 is 0 Å². The molecular weight excluding hydrogens is 493 g/mol. The molecule has 0 unspecified atom stereocenters. The van der Waals surface area contributed by atoms with Crippen LogP contribution >= 0.6 is 11.3 Å². The van der Waals surface area contributed by atoms with Crippen molar-refractivity contribution in [1.82, 2.24) is 4.57 Å². The minimum absolute atomic E-state index is 0.158. The summed E-state index contributed by atoms with van der Waals surface area (Å²) in [4.78, 5) is 32.3. The molecule has 3 aromatic carbocycles. The molecule has 3 heterocycles. The highest BCUT2D eigenvalue weighted by Crippen LogP contribution is 2.33. The van der Waals surface area contributed by atoms with E-state index in [1.165, 1.54) is 28.0 Å². The first-order valence-corrected chi connectivity index (χ1v) is 12.3. The van der Waals surface area contributed by atoms with Crippen LogP contribution < -0.4 is 29.7 Å². The van der Waals surface area contributed by atoms with Gasteiger partial charge in [0.2, 0.25) is 6.79 Å². The summed E-state index contributed by atoms with van der Waals surface area (Å²) in [6, 6.07) is 19.5. The molecule has 7 nitrogen and oxygen atoms in total. The number of anilines is 1. The zero-order valence-corrected chi connectivity index (χ0v) is 20.4. The zero-order valence-electron chi connectivity index (χ0n) is 19.6. The van der Waals surface area contributed by atoms with Crippen molar-refractivity contribution in [2.45, 2.75) is 13.0 Å². The maximum atomic E-state index is 13.8. The average Bonchev–Trinajstić information content (AvgIpc) is 3.48. The van der Waals surface area contributed by atoms with Gasteiger partial charge < -0.3 is 14.8 Å². The van der Waals surface area contributed by atoms with E-state index in [1.54, 1.807) is 43.3 Å². The first-order chi connectivity index (χ1) is 18.0. The van der Waals surface area contributed by atoms with Gasteiger partial charge in [-0.1, -0.05) is 47.7 Å². The highest BCUT2D eigenvalue weighted by molar-refractivity contribution is 7.07. The lowest BCUT2D eigenvalue weighted by Crippen LogP contribution is -2.40. The van der Waals surface area contributed by atoms with Gasteiger partial charge in [0.25, 0.3) is 11.5 Å². The molecule has 184 valence electrons. The Morgan fingerprint density at radius 3 is 2.62 bits per heavy atom. The topological polar surface area (TPSA) is 81.9 Å². The molecule has 1 aromatic heterocycles. The van der Waals surface area contributed by atoms with E-state index in [4.69, 9.17) is 9.47 Å². The Morgan fingerprint density at radius 1 is 1.08 bits per heavy atom. The summed E-state index contributed by atoms with van der Waals surface area (Å²) in [6.45, 7) is 1.90. The third-order valence-corrected chi connectivity index (χ3v) is 7.16. The standard InChI is InChI=1S/C28H20FN3O4S/c1-16-24(26(33)31-20-5-3-2-4-6-20)25(18-8-10-19(29)11-9-18)32-27(34)23(37-28(32)30-16)14-17-7-12-21-22(13-17)36-15-35-21/h2-14,25H,15H2,1H3,(H,31,33)/b23-14-/t25-/m1/s1. The molecule has 9 heteroatoms. The van der Waals surface area contributed by atoms with E-state index in [1.807, 2.05) is 30.3 Å². The lowest BCUT2D eigenvalue weighted by molar-refractivity contribution is -0.113. The molecule has 6 rings (SSSR count). The molecular formula is C28H20FN3O4S. The molecule has 0 fully saturated rings. The Balaban J connectivity index is 1.49. The SMILES string of the molecule is CC1=C(C(=O)Nc2ccccc2)[C@@H](c2ccc(F)cc2)n2c(s/c(=C\c3ccc4c(c3)OCO4)c2=O)=N1. The van der Waals surface area contributed by atoms with Crippen molar-refractivity contribution in [2.75, 3.05) is 12.1 Å². The minimum Gasteiger partial charge on any atom is -0.454 e. The lowest BCUT2D eigenvalue weighted by atomic mass is 9.95. The lowest BCUT2D eigenvalue weighted by Gasteiger charge is -2.25. The summed E-state index contributed by atoms with van der Waals surface area (Å²) in [5.41, 5.74) is 2.49. The Labute approximate surface area is 214 Å². The number of rotatable bonds is 4. The predicted molar refractivity (Wildman–Crippen MR) is 138 cm³/mol. The number of fused-ring (bicyclic) bond motifs is 2. The maximum absolute atomic E-state index is 13.8. The van der Waals surface area contributed by atoms with Crippen LogP contribution in [0.15, 0.2) is 93.9 Å². The molecule has 0 aliphatic carbocycles. The minimum atomic E-state index is -0.778. The number of nitrogens with zero attached hydrogens (tertiary/aromatic N) is 2. The number of amides is 1. The van der Waals surface area contributed by atoms with Gasteiger partial charge in [0, 0.05) is 5.69 Å². The van der Waals surface area contributed by atoms with Gasteiger partial charge in [0.05, 0.1) is 21.8 Å². The number of ether oxygens (including phenoxy) is 2. The summed E-state index contributed by atoms with van der Waals surface area (Å²) in [7, 11) is 0. The van der Waals surface area contributed by atoms with Gasteiger partial charge in [0.15, 0.2) is 16.3 Å². The molecule has 37 heavy (non-hydrogen) atoms. The van der Waals surface area contributed by atoms with Crippen LogP contribution in [0.4, 0.5) is 10.1 Å². The number of para-hydroxylation sites is 1. The van der Waals surface area contributed by atoms with Gasteiger partial charge in [0.1, 0.15) is 5.82 Å². The highest BCUT2D eigenvalue weighted by atomic mass is 32.1. The molecule has 0 saturated carbocycles. The van der Waals surface area contributed by atoms with Crippen molar-refractivity contribution in [3.8, 4) is 11.5 Å². The van der Waals surface area contributed by atoms with Crippen LogP contribution in [0.3, 0.4) is 0 Å². The van der Waals surface area contributed by atoms with Crippen LogP contribution in [0.2, 0.25) is 0 Å². The first kappa shape index (κ1) is 22.9. The maximum Gasteiger partial charge on any atom is 0.271 e. The summed E-state index contributed by atoms with van der Waals surface area (Å²) in [5.74, 6) is 0.475. The molecule has 2 aliphatic heterocycles. The van der Waals surface area contributed by atoms with Crippen molar-refractivity contribution in [2.24, 2.45) is 4.99 Å². The second kappa shape index (κ2) is 9.18. The fraction of sp³-hybridized carbons (Fsp3) is 0.107. The monoisotopic (exact) mass is 513 g/mol. The first-order valence-electron chi connectivity index (χ1n) is 11.5. The molecule has 2 aliphatic rings.